The van der Waals surface area contributed by atoms with Crippen molar-refractivity contribution in [2.24, 2.45) is 0 Å². The Morgan fingerprint density at radius 3 is 2.92 bits per heavy atom. The number of aromatic nitrogens is 5. The Bertz CT molecular complexity index is 961. The zero-order chi connectivity index (χ0) is 18.5. The van der Waals surface area contributed by atoms with Gasteiger partial charge in [0, 0.05) is 24.5 Å². The molecule has 0 saturated heterocycles. The number of carbonyl (C=O) groups excluding carboxylic acids is 1. The standard InChI is InChI=1S/C16H18N6O3S/c1-3-14-20-11(8-26-14)6-18-13(23)4-5-22-9-17-7-12(16(22)24)15-19-10(2)21-25-15/h7-9H,3-6H2,1-2H3,(H,18,23). The van der Waals surface area contributed by atoms with E-state index in [-0.39, 0.29) is 35.9 Å². The van der Waals surface area contributed by atoms with Crippen LogP contribution in [0.3, 0.4) is 0 Å². The molecular formula is C16H18N6O3S. The summed E-state index contributed by atoms with van der Waals surface area (Å²) in [6.07, 6.45) is 3.79. The lowest BCUT2D eigenvalue weighted by molar-refractivity contribution is -0.121. The SMILES string of the molecule is CCc1nc(CNC(=O)CCn2cncc(-c3nc(C)no3)c2=O)cs1. The fourth-order valence-electron chi connectivity index (χ4n) is 2.26. The van der Waals surface area contributed by atoms with Crippen molar-refractivity contribution >= 4 is 17.2 Å². The number of nitrogens with one attached hydrogen (secondary N) is 1. The van der Waals surface area contributed by atoms with E-state index in [4.69, 9.17) is 4.52 Å². The Morgan fingerprint density at radius 2 is 2.23 bits per heavy atom. The molecule has 0 atom stereocenters. The van der Waals surface area contributed by atoms with Crippen LogP contribution in [0.2, 0.25) is 0 Å². The highest BCUT2D eigenvalue weighted by molar-refractivity contribution is 7.09. The predicted molar refractivity (Wildman–Crippen MR) is 94.5 cm³/mol. The summed E-state index contributed by atoms with van der Waals surface area (Å²) in [5.74, 6) is 0.387. The van der Waals surface area contributed by atoms with Crippen molar-refractivity contribution in [2.45, 2.75) is 39.8 Å². The van der Waals surface area contributed by atoms with Crippen molar-refractivity contribution in [3.05, 3.63) is 44.8 Å². The third kappa shape index (κ3) is 4.20. The van der Waals surface area contributed by atoms with Crippen molar-refractivity contribution in [1.29, 1.82) is 0 Å². The van der Waals surface area contributed by atoms with Crippen LogP contribution in [0.25, 0.3) is 11.5 Å². The van der Waals surface area contributed by atoms with E-state index < -0.39 is 0 Å². The molecule has 3 aromatic rings. The molecule has 0 aliphatic carbocycles. The summed E-state index contributed by atoms with van der Waals surface area (Å²) < 4.78 is 6.36. The minimum absolute atomic E-state index is 0.120. The third-order valence-electron chi connectivity index (χ3n) is 3.61. The van der Waals surface area contributed by atoms with Crippen LogP contribution >= 0.6 is 11.3 Å². The Kier molecular flexibility index (Phi) is 5.52. The molecule has 1 N–H and O–H groups in total. The van der Waals surface area contributed by atoms with Gasteiger partial charge in [-0.25, -0.2) is 9.97 Å². The lowest BCUT2D eigenvalue weighted by Gasteiger charge is -2.06. The first-order valence-corrected chi connectivity index (χ1v) is 9.00. The van der Waals surface area contributed by atoms with Gasteiger partial charge in [-0.2, -0.15) is 4.98 Å². The van der Waals surface area contributed by atoms with Crippen LogP contribution in [0.1, 0.15) is 29.9 Å². The fourth-order valence-corrected chi connectivity index (χ4v) is 3.00. The van der Waals surface area contributed by atoms with Gasteiger partial charge in [0.25, 0.3) is 11.4 Å². The topological polar surface area (TPSA) is 116 Å². The molecular weight excluding hydrogens is 356 g/mol. The summed E-state index contributed by atoms with van der Waals surface area (Å²) >= 11 is 1.58. The summed E-state index contributed by atoms with van der Waals surface area (Å²) in [4.78, 5) is 36.9. The fraction of sp³-hybridized carbons (Fsp3) is 0.375. The molecule has 3 aromatic heterocycles. The highest BCUT2D eigenvalue weighted by Gasteiger charge is 2.14. The average Bonchev–Trinajstić information content (AvgIpc) is 3.28. The normalized spacial score (nSPS) is 10.8. The number of rotatable bonds is 7. The Balaban J connectivity index is 1.59. The van der Waals surface area contributed by atoms with Crippen LogP contribution in [0.15, 0.2) is 27.2 Å². The molecule has 0 saturated carbocycles. The van der Waals surface area contributed by atoms with Crippen molar-refractivity contribution < 1.29 is 9.32 Å². The average molecular weight is 374 g/mol. The maximum absolute atomic E-state index is 12.5. The van der Waals surface area contributed by atoms with E-state index in [1.54, 1.807) is 18.3 Å². The quantitative estimate of drug-likeness (QED) is 0.663. The maximum Gasteiger partial charge on any atom is 0.266 e. The zero-order valence-electron chi connectivity index (χ0n) is 14.4. The summed E-state index contributed by atoms with van der Waals surface area (Å²) in [5.41, 5.74) is 0.722. The van der Waals surface area contributed by atoms with E-state index in [9.17, 15) is 9.59 Å². The molecule has 0 unspecified atom stereocenters. The monoisotopic (exact) mass is 374 g/mol. The van der Waals surface area contributed by atoms with Crippen LogP contribution in [0, 0.1) is 6.92 Å². The molecule has 0 bridgehead atoms. The van der Waals surface area contributed by atoms with Crippen LogP contribution < -0.4 is 10.9 Å². The minimum Gasteiger partial charge on any atom is -0.350 e. The molecule has 0 aromatic carbocycles. The van der Waals surface area contributed by atoms with E-state index in [2.05, 4.69) is 25.4 Å². The van der Waals surface area contributed by atoms with Gasteiger partial charge in [-0.05, 0) is 13.3 Å². The van der Waals surface area contributed by atoms with Crippen molar-refractivity contribution in [2.75, 3.05) is 0 Å². The molecule has 0 radical (unpaired) electrons. The lowest BCUT2D eigenvalue weighted by Crippen LogP contribution is -2.28. The van der Waals surface area contributed by atoms with Crippen LogP contribution in [-0.2, 0) is 24.3 Å². The molecule has 0 aliphatic heterocycles. The molecule has 136 valence electrons. The summed E-state index contributed by atoms with van der Waals surface area (Å²) in [5, 5.41) is 9.45. The molecule has 1 amide bonds. The second kappa shape index (κ2) is 8.00. The molecule has 3 rings (SSSR count). The smallest absolute Gasteiger partial charge is 0.266 e. The first-order chi connectivity index (χ1) is 12.6. The van der Waals surface area contributed by atoms with Crippen molar-refractivity contribution in [3.63, 3.8) is 0 Å². The van der Waals surface area contributed by atoms with Gasteiger partial charge in [-0.15, -0.1) is 11.3 Å². The number of hydrogen-bond acceptors (Lipinski definition) is 8. The summed E-state index contributed by atoms with van der Waals surface area (Å²) in [6.45, 7) is 4.29. The molecule has 10 heteroatoms. The number of carbonyl (C=O) groups is 1. The first-order valence-electron chi connectivity index (χ1n) is 8.12. The number of hydrogen-bond donors (Lipinski definition) is 1. The first kappa shape index (κ1) is 17.9. The van der Waals surface area contributed by atoms with Gasteiger partial charge in [-0.3, -0.25) is 14.2 Å². The Hall–Kier alpha value is -2.88. The highest BCUT2D eigenvalue weighted by atomic mass is 32.1. The predicted octanol–water partition coefficient (Wildman–Crippen LogP) is 1.33. The summed E-state index contributed by atoms with van der Waals surface area (Å²) in [7, 11) is 0. The third-order valence-corrected chi connectivity index (χ3v) is 4.65. The highest BCUT2D eigenvalue weighted by Crippen LogP contribution is 2.11. The van der Waals surface area contributed by atoms with E-state index in [0.29, 0.717) is 12.4 Å². The van der Waals surface area contributed by atoms with Gasteiger partial charge in [0.2, 0.25) is 5.91 Å². The van der Waals surface area contributed by atoms with Gasteiger partial charge in [0.1, 0.15) is 5.56 Å². The largest absolute Gasteiger partial charge is 0.350 e. The molecule has 0 spiro atoms. The van der Waals surface area contributed by atoms with E-state index in [1.165, 1.54) is 17.1 Å². The summed E-state index contributed by atoms with van der Waals surface area (Å²) in [6, 6.07) is 0. The molecule has 0 aliphatic rings. The van der Waals surface area contributed by atoms with Gasteiger partial charge < -0.3 is 9.84 Å². The maximum atomic E-state index is 12.5. The van der Waals surface area contributed by atoms with Gasteiger partial charge >= 0.3 is 0 Å². The van der Waals surface area contributed by atoms with Crippen molar-refractivity contribution in [3.8, 4) is 11.5 Å². The Morgan fingerprint density at radius 1 is 1.38 bits per heavy atom. The lowest BCUT2D eigenvalue weighted by atomic mass is 10.3. The van der Waals surface area contributed by atoms with Crippen LogP contribution in [0.5, 0.6) is 0 Å². The number of aryl methyl sites for hydroxylation is 3. The second-order valence-corrected chi connectivity index (χ2v) is 6.51. The Labute approximate surface area is 153 Å². The van der Waals surface area contributed by atoms with Gasteiger partial charge in [0.05, 0.1) is 23.6 Å². The minimum atomic E-state index is -0.330. The van der Waals surface area contributed by atoms with E-state index >= 15 is 0 Å². The number of thiazole rings is 1. The number of nitrogens with zero attached hydrogens (tertiary/aromatic N) is 5. The number of amides is 1. The second-order valence-electron chi connectivity index (χ2n) is 5.57. The van der Waals surface area contributed by atoms with Crippen LogP contribution in [0.4, 0.5) is 0 Å². The van der Waals surface area contributed by atoms with Gasteiger partial charge in [0.15, 0.2) is 5.82 Å². The van der Waals surface area contributed by atoms with E-state index in [0.717, 1.165) is 17.1 Å². The van der Waals surface area contributed by atoms with Gasteiger partial charge in [-0.1, -0.05) is 12.1 Å². The molecule has 26 heavy (non-hydrogen) atoms. The molecule has 3 heterocycles. The molecule has 9 nitrogen and oxygen atoms in total. The van der Waals surface area contributed by atoms with Crippen LogP contribution in [-0.4, -0.2) is 30.6 Å². The van der Waals surface area contributed by atoms with Crippen molar-refractivity contribution in [1.82, 2.24) is 30.0 Å². The molecule has 0 fully saturated rings. The zero-order valence-corrected chi connectivity index (χ0v) is 15.2. The van der Waals surface area contributed by atoms with E-state index in [1.807, 2.05) is 12.3 Å².